The molecule has 0 fully saturated rings. The van der Waals surface area contributed by atoms with Crippen LogP contribution >= 0.6 is 0 Å². The number of ether oxygens (including phenoxy) is 1. The molecule has 0 aliphatic carbocycles. The van der Waals surface area contributed by atoms with Gasteiger partial charge in [0.25, 0.3) is 5.56 Å². The highest BCUT2D eigenvalue weighted by Crippen LogP contribution is 2.22. The molecule has 2 aromatic heterocycles. The topological polar surface area (TPSA) is 104 Å². The van der Waals surface area contributed by atoms with E-state index in [2.05, 4.69) is 14.7 Å². The number of rotatable bonds is 2. The van der Waals surface area contributed by atoms with Gasteiger partial charge < -0.3 is 15.2 Å². The third-order valence-electron chi connectivity index (χ3n) is 3.24. The summed E-state index contributed by atoms with van der Waals surface area (Å²) in [4.78, 5) is 30.2. The zero-order chi connectivity index (χ0) is 14.8. The zero-order valence-corrected chi connectivity index (χ0v) is 11.8. The van der Waals surface area contributed by atoms with E-state index in [9.17, 15) is 9.59 Å². The summed E-state index contributed by atoms with van der Waals surface area (Å²) < 4.78 is 4.61. The maximum atomic E-state index is 11.8. The Morgan fingerprint density at radius 2 is 2.00 bits per heavy atom. The van der Waals surface area contributed by atoms with E-state index in [1.165, 1.54) is 7.11 Å². The summed E-state index contributed by atoms with van der Waals surface area (Å²) in [6.45, 7) is 0. The molecule has 2 heterocycles. The predicted molar refractivity (Wildman–Crippen MR) is 82.8 cm³/mol. The number of hydrogen-bond acceptors (Lipinski definition) is 4. The molecule has 0 saturated heterocycles. The van der Waals surface area contributed by atoms with Gasteiger partial charge in [0.1, 0.15) is 5.56 Å². The summed E-state index contributed by atoms with van der Waals surface area (Å²) in [7, 11) is 1.25. The van der Waals surface area contributed by atoms with E-state index in [0.29, 0.717) is 5.52 Å². The van der Waals surface area contributed by atoms with Crippen molar-refractivity contribution in [3.63, 3.8) is 0 Å². The highest BCUT2D eigenvalue weighted by atomic mass is 16.5. The quantitative estimate of drug-likeness (QED) is 0.725. The first-order valence-corrected chi connectivity index (χ1v) is 6.35. The number of hydrogen-bond donors (Lipinski definition) is 1. The van der Waals surface area contributed by atoms with Crippen LogP contribution in [0.15, 0.2) is 53.6 Å². The van der Waals surface area contributed by atoms with Crippen LogP contribution in [0.4, 0.5) is 0 Å². The molecule has 0 aliphatic rings. The number of nitrogens with one attached hydrogen (secondary N) is 1. The molecular weight excluding hydrogens is 284 g/mol. The molecule has 112 valence electrons. The molecule has 0 bridgehead atoms. The molecule has 0 aliphatic heterocycles. The van der Waals surface area contributed by atoms with Gasteiger partial charge in [-0.2, -0.15) is 0 Å². The molecule has 6 nitrogen and oxygen atoms in total. The average molecular weight is 298 g/mol. The molecule has 3 rings (SSSR count). The number of fused-ring (bicyclic) bond motifs is 1. The van der Waals surface area contributed by atoms with E-state index < -0.39 is 11.5 Å². The summed E-state index contributed by atoms with van der Waals surface area (Å²) >= 11 is 0. The number of aromatic amines is 1. The second-order valence-corrected chi connectivity index (χ2v) is 4.55. The first kappa shape index (κ1) is 15.4. The first-order valence-electron chi connectivity index (χ1n) is 6.35. The number of carbonyl (C=O) groups excluding carboxylic acids is 1. The number of aromatic nitrogens is 2. The van der Waals surface area contributed by atoms with Gasteiger partial charge in [0.05, 0.1) is 7.11 Å². The highest BCUT2D eigenvalue weighted by molar-refractivity contribution is 5.94. The van der Waals surface area contributed by atoms with Crippen molar-refractivity contribution in [3.05, 3.63) is 64.7 Å². The molecule has 0 saturated carbocycles. The maximum Gasteiger partial charge on any atom is 0.343 e. The van der Waals surface area contributed by atoms with Gasteiger partial charge in [-0.3, -0.25) is 9.78 Å². The van der Waals surface area contributed by atoms with Crippen molar-refractivity contribution < 1.29 is 15.0 Å². The molecule has 0 atom stereocenters. The second-order valence-electron chi connectivity index (χ2n) is 4.55. The summed E-state index contributed by atoms with van der Waals surface area (Å²) in [5, 5.41) is 0.761. The fourth-order valence-corrected chi connectivity index (χ4v) is 2.18. The second kappa shape index (κ2) is 6.19. The van der Waals surface area contributed by atoms with E-state index in [4.69, 9.17) is 0 Å². The Morgan fingerprint density at radius 3 is 2.68 bits per heavy atom. The number of pyridine rings is 2. The molecule has 3 N–H and O–H groups in total. The minimum Gasteiger partial charge on any atom is -0.465 e. The minimum atomic E-state index is -0.648. The van der Waals surface area contributed by atoms with Crippen LogP contribution < -0.4 is 5.56 Å². The predicted octanol–water partition coefficient (Wildman–Crippen LogP) is 1.55. The summed E-state index contributed by atoms with van der Waals surface area (Å²) in [6.07, 6.45) is 3.46. The van der Waals surface area contributed by atoms with Crippen LogP contribution in [0.25, 0.3) is 22.0 Å². The van der Waals surface area contributed by atoms with E-state index in [-0.39, 0.29) is 11.0 Å². The molecule has 22 heavy (non-hydrogen) atoms. The Labute approximate surface area is 125 Å². The fraction of sp³-hybridized carbons (Fsp3) is 0.0625. The van der Waals surface area contributed by atoms with Crippen LogP contribution in [-0.4, -0.2) is 28.5 Å². The zero-order valence-electron chi connectivity index (χ0n) is 11.8. The van der Waals surface area contributed by atoms with Crippen molar-refractivity contribution in [1.82, 2.24) is 9.97 Å². The third-order valence-corrected chi connectivity index (χ3v) is 3.24. The SMILES string of the molecule is COC(=O)c1cc2cc(-c3cccnc3)ccc2[nH]c1=O.O. The maximum absolute atomic E-state index is 11.8. The van der Waals surface area contributed by atoms with Crippen LogP contribution in [0.2, 0.25) is 0 Å². The fourth-order valence-electron chi connectivity index (χ4n) is 2.18. The Hall–Kier alpha value is -2.99. The monoisotopic (exact) mass is 298 g/mol. The average Bonchev–Trinajstić information content (AvgIpc) is 2.54. The van der Waals surface area contributed by atoms with E-state index in [1.807, 2.05) is 24.3 Å². The van der Waals surface area contributed by atoms with Gasteiger partial charge in [0.2, 0.25) is 0 Å². The Bertz CT molecular complexity index is 872. The van der Waals surface area contributed by atoms with Gasteiger partial charge in [0, 0.05) is 23.5 Å². The largest absolute Gasteiger partial charge is 0.465 e. The van der Waals surface area contributed by atoms with Crippen LogP contribution in [0, 0.1) is 0 Å². The normalized spacial score (nSPS) is 10.0. The number of methoxy groups -OCH3 is 1. The van der Waals surface area contributed by atoms with Crippen LogP contribution in [-0.2, 0) is 4.74 Å². The highest BCUT2D eigenvalue weighted by Gasteiger charge is 2.12. The van der Waals surface area contributed by atoms with Gasteiger partial charge >= 0.3 is 5.97 Å². The molecule has 3 aromatic rings. The van der Waals surface area contributed by atoms with Crippen molar-refractivity contribution in [3.8, 4) is 11.1 Å². The lowest BCUT2D eigenvalue weighted by atomic mass is 10.0. The molecule has 0 unspecified atom stereocenters. The van der Waals surface area contributed by atoms with Gasteiger partial charge in [-0.15, -0.1) is 0 Å². The van der Waals surface area contributed by atoms with Crippen molar-refractivity contribution >= 4 is 16.9 Å². The lowest BCUT2D eigenvalue weighted by molar-refractivity contribution is 0.0599. The Kier molecular flexibility index (Phi) is 4.33. The van der Waals surface area contributed by atoms with Crippen molar-refractivity contribution in [2.45, 2.75) is 0 Å². The molecule has 1 aromatic carbocycles. The molecule has 0 spiro atoms. The van der Waals surface area contributed by atoms with Crippen molar-refractivity contribution in [1.29, 1.82) is 0 Å². The van der Waals surface area contributed by atoms with E-state index >= 15 is 0 Å². The standard InChI is InChI=1S/C16H12N2O3.H2O/c1-21-16(20)13-8-12-7-10(11-3-2-6-17-9-11)4-5-14(12)18-15(13)19;/h2-9H,1H3,(H,18,19);1H2. The molecular formula is C16H14N2O4. The van der Waals surface area contributed by atoms with Gasteiger partial charge in [-0.1, -0.05) is 12.1 Å². The molecule has 0 amide bonds. The van der Waals surface area contributed by atoms with E-state index in [1.54, 1.807) is 24.5 Å². The number of esters is 1. The Balaban J connectivity index is 0.00000176. The molecule has 6 heteroatoms. The smallest absolute Gasteiger partial charge is 0.343 e. The minimum absolute atomic E-state index is 0. The molecule has 0 radical (unpaired) electrons. The summed E-state index contributed by atoms with van der Waals surface area (Å²) in [5.41, 5.74) is 2.13. The van der Waals surface area contributed by atoms with Crippen LogP contribution in [0.5, 0.6) is 0 Å². The van der Waals surface area contributed by atoms with Crippen molar-refractivity contribution in [2.24, 2.45) is 0 Å². The summed E-state index contributed by atoms with van der Waals surface area (Å²) in [6, 6.07) is 10.9. The first-order chi connectivity index (χ1) is 10.2. The van der Waals surface area contributed by atoms with Gasteiger partial charge in [-0.05, 0) is 35.2 Å². The van der Waals surface area contributed by atoms with E-state index in [0.717, 1.165) is 16.5 Å². The van der Waals surface area contributed by atoms with Crippen LogP contribution in [0.3, 0.4) is 0 Å². The number of benzene rings is 1. The lowest BCUT2D eigenvalue weighted by Gasteiger charge is -2.05. The Morgan fingerprint density at radius 1 is 1.18 bits per heavy atom. The van der Waals surface area contributed by atoms with Gasteiger partial charge in [-0.25, -0.2) is 4.79 Å². The summed E-state index contributed by atoms with van der Waals surface area (Å²) in [5.74, 6) is -0.648. The van der Waals surface area contributed by atoms with Crippen LogP contribution in [0.1, 0.15) is 10.4 Å². The van der Waals surface area contributed by atoms with Crippen molar-refractivity contribution in [2.75, 3.05) is 7.11 Å². The lowest BCUT2D eigenvalue weighted by Crippen LogP contribution is -2.18. The number of H-pyrrole nitrogens is 1. The van der Waals surface area contributed by atoms with Gasteiger partial charge in [0.15, 0.2) is 0 Å². The number of nitrogens with zero attached hydrogens (tertiary/aromatic N) is 1. The third kappa shape index (κ3) is 2.72. The number of carbonyl (C=O) groups is 1.